The third kappa shape index (κ3) is 5.26. The minimum atomic E-state index is -0.513. The van der Waals surface area contributed by atoms with Crippen molar-refractivity contribution in [2.24, 2.45) is 7.05 Å². The third-order valence-electron chi connectivity index (χ3n) is 5.42. The van der Waals surface area contributed by atoms with Crippen molar-refractivity contribution in [3.63, 3.8) is 0 Å². The molecule has 0 radical (unpaired) electrons. The summed E-state index contributed by atoms with van der Waals surface area (Å²) in [4.78, 5) is 26.9. The third-order valence-corrected chi connectivity index (χ3v) is 5.42. The van der Waals surface area contributed by atoms with Crippen LogP contribution in [-0.4, -0.2) is 34.6 Å². The average molecular weight is 434 g/mol. The van der Waals surface area contributed by atoms with E-state index >= 15 is 0 Å². The van der Waals surface area contributed by atoms with E-state index in [-0.39, 0.29) is 25.8 Å². The van der Waals surface area contributed by atoms with Gasteiger partial charge in [-0.25, -0.2) is 9.59 Å². The molecule has 0 unspecified atom stereocenters. The zero-order valence-electron chi connectivity index (χ0n) is 17.9. The molecule has 2 amide bonds. The lowest BCUT2D eigenvalue weighted by atomic mass is 10.1. The van der Waals surface area contributed by atoms with Crippen molar-refractivity contribution in [1.29, 1.82) is 0 Å². The number of hydrogen-bond donors (Lipinski definition) is 1. The summed E-state index contributed by atoms with van der Waals surface area (Å²) in [7, 11) is 1.84. The number of aromatic nitrogens is 2. The van der Waals surface area contributed by atoms with E-state index in [1.807, 2.05) is 67.7 Å². The van der Waals surface area contributed by atoms with Crippen LogP contribution in [0.2, 0.25) is 0 Å². The van der Waals surface area contributed by atoms with Gasteiger partial charge >= 0.3 is 12.2 Å². The molecule has 0 bridgehead atoms. The predicted molar refractivity (Wildman–Crippen MR) is 119 cm³/mol. The van der Waals surface area contributed by atoms with Crippen LogP contribution in [0.5, 0.6) is 0 Å². The second-order valence-corrected chi connectivity index (χ2v) is 7.69. The number of aryl methyl sites for hydroxylation is 1. The normalized spacial score (nSPS) is 15.4. The SMILES string of the molecule is Cn1ncc2c1CC[C@H](NC(=O)OCc1ccccc1)CN2C(=O)OCc1ccccc1. The number of fused-ring (bicyclic) bond motifs is 1. The first kappa shape index (κ1) is 21.4. The van der Waals surface area contributed by atoms with Crippen LogP contribution in [0.1, 0.15) is 23.2 Å². The number of hydrogen-bond acceptors (Lipinski definition) is 5. The molecule has 1 aromatic heterocycles. The molecule has 0 aliphatic carbocycles. The largest absolute Gasteiger partial charge is 0.445 e. The molecule has 166 valence electrons. The number of anilines is 1. The monoisotopic (exact) mass is 434 g/mol. The number of nitrogens with zero attached hydrogens (tertiary/aromatic N) is 3. The molecule has 0 saturated heterocycles. The van der Waals surface area contributed by atoms with Gasteiger partial charge in [0.1, 0.15) is 13.2 Å². The van der Waals surface area contributed by atoms with Gasteiger partial charge in [0, 0.05) is 13.6 Å². The van der Waals surface area contributed by atoms with Gasteiger partial charge < -0.3 is 14.8 Å². The Kier molecular flexibility index (Phi) is 6.69. The van der Waals surface area contributed by atoms with Crippen molar-refractivity contribution in [2.75, 3.05) is 11.4 Å². The lowest BCUT2D eigenvalue weighted by molar-refractivity contribution is 0.133. The van der Waals surface area contributed by atoms with Crippen molar-refractivity contribution < 1.29 is 19.1 Å². The maximum absolute atomic E-state index is 13.0. The summed E-state index contributed by atoms with van der Waals surface area (Å²) in [6, 6.07) is 18.7. The first-order valence-corrected chi connectivity index (χ1v) is 10.6. The molecular weight excluding hydrogens is 408 g/mol. The highest BCUT2D eigenvalue weighted by Crippen LogP contribution is 2.27. The van der Waals surface area contributed by atoms with E-state index in [1.54, 1.807) is 15.8 Å². The molecule has 1 aliphatic rings. The number of amides is 2. The Morgan fingerprint density at radius 3 is 2.28 bits per heavy atom. The second-order valence-electron chi connectivity index (χ2n) is 7.69. The average Bonchev–Trinajstić information content (AvgIpc) is 3.08. The van der Waals surface area contributed by atoms with Crippen LogP contribution in [0.15, 0.2) is 66.9 Å². The van der Waals surface area contributed by atoms with Crippen molar-refractivity contribution in [1.82, 2.24) is 15.1 Å². The van der Waals surface area contributed by atoms with Crippen molar-refractivity contribution >= 4 is 17.9 Å². The Labute approximate surface area is 186 Å². The van der Waals surface area contributed by atoms with Crippen molar-refractivity contribution in [3.05, 3.63) is 83.7 Å². The van der Waals surface area contributed by atoms with E-state index in [0.717, 1.165) is 16.8 Å². The summed E-state index contributed by atoms with van der Waals surface area (Å²) in [5, 5.41) is 7.19. The van der Waals surface area contributed by atoms with Gasteiger partial charge in [0.25, 0.3) is 0 Å². The zero-order valence-corrected chi connectivity index (χ0v) is 17.9. The van der Waals surface area contributed by atoms with E-state index in [2.05, 4.69) is 10.4 Å². The summed E-state index contributed by atoms with van der Waals surface area (Å²) in [6.45, 7) is 0.627. The van der Waals surface area contributed by atoms with E-state index in [4.69, 9.17) is 9.47 Å². The van der Waals surface area contributed by atoms with Gasteiger partial charge in [-0.05, 0) is 24.0 Å². The molecule has 0 spiro atoms. The first-order chi connectivity index (χ1) is 15.6. The van der Waals surface area contributed by atoms with Gasteiger partial charge in [0.05, 0.1) is 23.6 Å². The summed E-state index contributed by atoms with van der Waals surface area (Å²) in [5.41, 5.74) is 3.44. The highest BCUT2D eigenvalue weighted by molar-refractivity contribution is 5.88. The van der Waals surface area contributed by atoms with Gasteiger partial charge in [-0.15, -0.1) is 0 Å². The molecular formula is C24H26N4O4. The van der Waals surface area contributed by atoms with Gasteiger partial charge in [0.2, 0.25) is 0 Å². The second kappa shape index (κ2) is 10.00. The summed E-state index contributed by atoms with van der Waals surface area (Å²) in [5.74, 6) is 0. The van der Waals surface area contributed by atoms with Crippen LogP contribution in [0.3, 0.4) is 0 Å². The van der Waals surface area contributed by atoms with E-state index in [0.29, 0.717) is 18.5 Å². The molecule has 32 heavy (non-hydrogen) atoms. The van der Waals surface area contributed by atoms with E-state index in [1.165, 1.54) is 0 Å². The van der Waals surface area contributed by atoms with E-state index < -0.39 is 12.2 Å². The number of nitrogens with one attached hydrogen (secondary N) is 1. The Morgan fingerprint density at radius 1 is 1.00 bits per heavy atom. The van der Waals surface area contributed by atoms with Crippen LogP contribution in [0.4, 0.5) is 15.3 Å². The predicted octanol–water partition coefficient (Wildman–Crippen LogP) is 3.80. The van der Waals surface area contributed by atoms with Gasteiger partial charge in [-0.3, -0.25) is 9.58 Å². The molecule has 1 aliphatic heterocycles. The molecule has 1 N–H and O–H groups in total. The van der Waals surface area contributed by atoms with Crippen molar-refractivity contribution in [3.8, 4) is 0 Å². The zero-order chi connectivity index (χ0) is 22.3. The summed E-state index contributed by atoms with van der Waals surface area (Å²) in [6.07, 6.45) is 1.98. The maximum atomic E-state index is 13.0. The number of rotatable bonds is 5. The molecule has 8 heteroatoms. The van der Waals surface area contributed by atoms with Crippen LogP contribution >= 0.6 is 0 Å². The molecule has 0 fully saturated rings. The molecule has 2 aromatic carbocycles. The van der Waals surface area contributed by atoms with Crippen molar-refractivity contribution in [2.45, 2.75) is 32.1 Å². The van der Waals surface area contributed by atoms with Gasteiger partial charge in [-0.2, -0.15) is 5.10 Å². The fraction of sp³-hybridized carbons (Fsp3) is 0.292. The van der Waals surface area contributed by atoms with Gasteiger partial charge in [0.15, 0.2) is 0 Å². The van der Waals surface area contributed by atoms with Crippen LogP contribution < -0.4 is 10.2 Å². The lowest BCUT2D eigenvalue weighted by Gasteiger charge is -2.24. The summed E-state index contributed by atoms with van der Waals surface area (Å²) >= 11 is 0. The maximum Gasteiger partial charge on any atom is 0.414 e. The molecule has 0 saturated carbocycles. The number of carbonyl (C=O) groups is 2. The number of ether oxygens (including phenoxy) is 2. The Hall–Kier alpha value is -3.81. The first-order valence-electron chi connectivity index (χ1n) is 10.6. The standard InChI is InChI=1S/C24H26N4O4/c1-27-21-13-12-20(26-23(29)31-16-18-8-4-2-5-9-18)15-28(22(21)14-25-27)24(30)32-17-19-10-6-3-7-11-19/h2-11,14,20H,12-13,15-17H2,1H3,(H,26,29)/t20-/m0/s1. The lowest BCUT2D eigenvalue weighted by Crippen LogP contribution is -2.45. The Morgan fingerprint density at radius 2 is 1.62 bits per heavy atom. The molecule has 2 heterocycles. The highest BCUT2D eigenvalue weighted by atomic mass is 16.6. The van der Waals surface area contributed by atoms with Gasteiger partial charge in [-0.1, -0.05) is 60.7 Å². The summed E-state index contributed by atoms with van der Waals surface area (Å²) < 4.78 is 12.7. The smallest absolute Gasteiger partial charge is 0.414 e. The Bertz CT molecular complexity index is 1050. The number of benzene rings is 2. The molecule has 8 nitrogen and oxygen atoms in total. The minimum Gasteiger partial charge on any atom is -0.445 e. The molecule has 3 aromatic rings. The highest BCUT2D eigenvalue weighted by Gasteiger charge is 2.30. The van der Waals surface area contributed by atoms with Crippen LogP contribution in [0.25, 0.3) is 0 Å². The fourth-order valence-electron chi connectivity index (χ4n) is 3.71. The molecule has 1 atom stereocenters. The fourth-order valence-corrected chi connectivity index (χ4v) is 3.71. The number of carbonyl (C=O) groups excluding carboxylic acids is 2. The van der Waals surface area contributed by atoms with Crippen LogP contribution in [0, 0.1) is 0 Å². The number of alkyl carbamates (subject to hydrolysis) is 1. The minimum absolute atomic E-state index is 0.170. The van der Waals surface area contributed by atoms with E-state index in [9.17, 15) is 9.59 Å². The quantitative estimate of drug-likeness (QED) is 0.660. The van der Waals surface area contributed by atoms with Crippen LogP contribution in [-0.2, 0) is 36.2 Å². The topological polar surface area (TPSA) is 85.7 Å². The molecule has 4 rings (SSSR count). The Balaban J connectivity index is 1.41.